The maximum absolute atomic E-state index is 12.0. The monoisotopic (exact) mass is 330 g/mol. The summed E-state index contributed by atoms with van der Waals surface area (Å²) in [5, 5.41) is 5.79. The Morgan fingerprint density at radius 1 is 1.10 bits per heavy atom. The number of nitrogens with one attached hydrogen (secondary N) is 3. The summed E-state index contributed by atoms with van der Waals surface area (Å²) in [7, 11) is -6.21. The van der Waals surface area contributed by atoms with E-state index < -0.39 is 20.0 Å². The van der Waals surface area contributed by atoms with E-state index in [9.17, 15) is 16.8 Å². The van der Waals surface area contributed by atoms with Gasteiger partial charge in [-0.05, 0) is 37.7 Å². The van der Waals surface area contributed by atoms with Crippen LogP contribution in [0, 0.1) is 6.92 Å². The van der Waals surface area contributed by atoms with Crippen LogP contribution in [0.2, 0.25) is 0 Å². The third kappa shape index (κ3) is 3.23. The van der Waals surface area contributed by atoms with E-state index in [-0.39, 0.29) is 15.6 Å². The van der Waals surface area contributed by atoms with Crippen LogP contribution in [0.5, 0.6) is 0 Å². The summed E-state index contributed by atoms with van der Waals surface area (Å²) < 4.78 is 52.3. The molecule has 0 fully saturated rings. The molecule has 0 aliphatic carbocycles. The molecule has 0 bridgehead atoms. The number of benzene rings is 1. The standard InChI is InChI=1S/C11H14N4O4S2/c1-8-3-4-9(7-10(8)20(16,17)12-2)15-21(18,19)11-5-6-13-14-11/h3-7,12,15H,1-2H3,(H,13,14). The molecule has 114 valence electrons. The van der Waals surface area contributed by atoms with Gasteiger partial charge in [0.2, 0.25) is 10.0 Å². The first kappa shape index (κ1) is 15.5. The van der Waals surface area contributed by atoms with Crippen molar-refractivity contribution in [2.45, 2.75) is 16.8 Å². The minimum atomic E-state index is -3.84. The van der Waals surface area contributed by atoms with E-state index in [0.29, 0.717) is 5.56 Å². The minimum absolute atomic E-state index is 0.00908. The second-order valence-corrected chi connectivity index (χ2v) is 7.72. The average molecular weight is 330 g/mol. The predicted molar refractivity (Wildman–Crippen MR) is 76.8 cm³/mol. The second-order valence-electron chi connectivity index (χ2n) is 4.21. The van der Waals surface area contributed by atoms with Crippen LogP contribution in [0.25, 0.3) is 0 Å². The molecule has 0 amide bonds. The topological polar surface area (TPSA) is 121 Å². The molecule has 2 rings (SSSR count). The van der Waals surface area contributed by atoms with Gasteiger partial charge in [0.15, 0.2) is 5.03 Å². The summed E-state index contributed by atoms with van der Waals surface area (Å²) in [6.07, 6.45) is 1.31. The molecule has 0 spiro atoms. The highest BCUT2D eigenvalue weighted by molar-refractivity contribution is 7.92. The molecule has 0 saturated heterocycles. The molecule has 0 unspecified atom stereocenters. The maximum atomic E-state index is 12.0. The van der Waals surface area contributed by atoms with Crippen molar-refractivity contribution in [1.82, 2.24) is 14.9 Å². The number of nitrogens with zero attached hydrogens (tertiary/aromatic N) is 1. The molecule has 3 N–H and O–H groups in total. The molecule has 0 saturated carbocycles. The van der Waals surface area contributed by atoms with Crippen LogP contribution in [0.1, 0.15) is 5.56 Å². The number of H-pyrrole nitrogens is 1. The van der Waals surface area contributed by atoms with E-state index in [1.54, 1.807) is 6.92 Å². The van der Waals surface area contributed by atoms with Crippen molar-refractivity contribution in [2.75, 3.05) is 11.8 Å². The minimum Gasteiger partial charge on any atom is -0.278 e. The summed E-state index contributed by atoms with van der Waals surface area (Å²) in [4.78, 5) is 0.00908. The number of aryl methyl sites for hydroxylation is 1. The highest BCUT2D eigenvalue weighted by Crippen LogP contribution is 2.21. The van der Waals surface area contributed by atoms with Gasteiger partial charge in [-0.2, -0.15) is 13.5 Å². The lowest BCUT2D eigenvalue weighted by Crippen LogP contribution is -2.20. The van der Waals surface area contributed by atoms with Crippen LogP contribution in [-0.4, -0.2) is 34.1 Å². The number of aromatic nitrogens is 2. The largest absolute Gasteiger partial charge is 0.278 e. The van der Waals surface area contributed by atoms with Crippen molar-refractivity contribution < 1.29 is 16.8 Å². The fraction of sp³-hybridized carbons (Fsp3) is 0.182. The third-order valence-electron chi connectivity index (χ3n) is 2.76. The zero-order valence-electron chi connectivity index (χ0n) is 11.3. The van der Waals surface area contributed by atoms with Crippen LogP contribution in [-0.2, 0) is 20.0 Å². The normalized spacial score (nSPS) is 12.3. The first-order chi connectivity index (χ1) is 9.76. The molecular weight excluding hydrogens is 316 g/mol. The van der Waals surface area contributed by atoms with Gasteiger partial charge in [0.05, 0.1) is 16.8 Å². The zero-order chi connectivity index (χ0) is 15.7. The van der Waals surface area contributed by atoms with Gasteiger partial charge in [-0.15, -0.1) is 0 Å². The van der Waals surface area contributed by atoms with Crippen LogP contribution in [0.4, 0.5) is 5.69 Å². The van der Waals surface area contributed by atoms with Gasteiger partial charge in [-0.25, -0.2) is 13.1 Å². The molecule has 10 heteroatoms. The first-order valence-electron chi connectivity index (χ1n) is 5.83. The number of sulfonamides is 2. The highest BCUT2D eigenvalue weighted by Gasteiger charge is 2.19. The Labute approximate surface area is 122 Å². The van der Waals surface area contributed by atoms with E-state index in [1.165, 1.54) is 37.5 Å². The Morgan fingerprint density at radius 3 is 2.38 bits per heavy atom. The molecule has 2 aromatic rings. The Balaban J connectivity index is 2.42. The van der Waals surface area contributed by atoms with Crippen molar-refractivity contribution in [3.8, 4) is 0 Å². The number of hydrogen-bond donors (Lipinski definition) is 3. The van der Waals surface area contributed by atoms with Gasteiger partial charge >= 0.3 is 0 Å². The molecule has 1 heterocycles. The molecule has 0 aliphatic heterocycles. The van der Waals surface area contributed by atoms with Crippen LogP contribution in [0.3, 0.4) is 0 Å². The Kier molecular flexibility index (Phi) is 4.03. The SMILES string of the molecule is CNS(=O)(=O)c1cc(NS(=O)(=O)c2ccn[nH]2)ccc1C. The zero-order valence-corrected chi connectivity index (χ0v) is 12.9. The van der Waals surface area contributed by atoms with Crippen LogP contribution >= 0.6 is 0 Å². The summed E-state index contributed by atoms with van der Waals surface area (Å²) in [5.74, 6) is 0. The van der Waals surface area contributed by atoms with E-state index in [1.807, 2.05) is 0 Å². The lowest BCUT2D eigenvalue weighted by atomic mass is 10.2. The van der Waals surface area contributed by atoms with Gasteiger partial charge in [0.25, 0.3) is 10.0 Å². The first-order valence-corrected chi connectivity index (χ1v) is 8.79. The fourth-order valence-electron chi connectivity index (χ4n) is 1.67. The molecule has 0 aliphatic rings. The molecule has 0 radical (unpaired) electrons. The highest BCUT2D eigenvalue weighted by atomic mass is 32.2. The van der Waals surface area contributed by atoms with Crippen molar-refractivity contribution in [2.24, 2.45) is 0 Å². The maximum Gasteiger partial charge on any atom is 0.278 e. The summed E-state index contributed by atoms with van der Waals surface area (Å²) >= 11 is 0. The number of rotatable bonds is 5. The Bertz CT molecular complexity index is 842. The van der Waals surface area contributed by atoms with Crippen molar-refractivity contribution >= 4 is 25.7 Å². The summed E-state index contributed by atoms with van der Waals surface area (Å²) in [5.41, 5.74) is 0.651. The van der Waals surface area contributed by atoms with E-state index in [4.69, 9.17) is 0 Å². The molecule has 0 atom stereocenters. The Hall–Kier alpha value is -1.91. The fourth-order valence-corrected chi connectivity index (χ4v) is 3.62. The van der Waals surface area contributed by atoms with E-state index in [0.717, 1.165) is 0 Å². The number of aromatic amines is 1. The van der Waals surface area contributed by atoms with Crippen molar-refractivity contribution in [1.29, 1.82) is 0 Å². The van der Waals surface area contributed by atoms with Crippen molar-refractivity contribution in [3.05, 3.63) is 36.0 Å². The number of hydrogen-bond acceptors (Lipinski definition) is 5. The summed E-state index contributed by atoms with van der Waals surface area (Å²) in [6, 6.07) is 5.56. The van der Waals surface area contributed by atoms with Gasteiger partial charge in [-0.3, -0.25) is 9.82 Å². The molecular formula is C11H14N4O4S2. The molecule has 8 nitrogen and oxygen atoms in total. The lowest BCUT2D eigenvalue weighted by Gasteiger charge is -2.10. The van der Waals surface area contributed by atoms with Gasteiger partial charge in [0.1, 0.15) is 0 Å². The van der Waals surface area contributed by atoms with Gasteiger partial charge < -0.3 is 0 Å². The molecule has 1 aromatic heterocycles. The quantitative estimate of drug-likeness (QED) is 0.734. The van der Waals surface area contributed by atoms with E-state index in [2.05, 4.69) is 19.6 Å². The van der Waals surface area contributed by atoms with E-state index >= 15 is 0 Å². The lowest BCUT2D eigenvalue weighted by molar-refractivity contribution is 0.587. The van der Waals surface area contributed by atoms with Gasteiger partial charge in [0, 0.05) is 0 Å². The van der Waals surface area contributed by atoms with Crippen LogP contribution < -0.4 is 9.44 Å². The third-order valence-corrected chi connectivity index (χ3v) is 5.63. The smallest absolute Gasteiger partial charge is 0.278 e. The van der Waals surface area contributed by atoms with Crippen molar-refractivity contribution in [3.63, 3.8) is 0 Å². The molecule has 21 heavy (non-hydrogen) atoms. The Morgan fingerprint density at radius 2 is 1.81 bits per heavy atom. The average Bonchev–Trinajstić information content (AvgIpc) is 2.95. The molecule has 1 aromatic carbocycles. The summed E-state index contributed by atoms with van der Waals surface area (Å²) in [6.45, 7) is 1.62. The predicted octanol–water partition coefficient (Wildman–Crippen LogP) is 0.427. The van der Waals surface area contributed by atoms with Crippen LogP contribution in [0.15, 0.2) is 40.4 Å². The number of anilines is 1. The second kappa shape index (κ2) is 5.47. The van der Waals surface area contributed by atoms with Gasteiger partial charge in [-0.1, -0.05) is 6.07 Å².